The van der Waals surface area contributed by atoms with Crippen molar-refractivity contribution in [1.82, 2.24) is 4.57 Å². The maximum Gasteiger partial charge on any atom is 0.416 e. The molecule has 4 nitrogen and oxygen atoms in total. The van der Waals surface area contributed by atoms with Gasteiger partial charge in [0.2, 0.25) is 0 Å². The second-order valence-corrected chi connectivity index (χ2v) is 7.05. The molecule has 0 aliphatic carbocycles. The molecule has 3 aromatic carbocycles. The van der Waals surface area contributed by atoms with Gasteiger partial charge in [-0.1, -0.05) is 18.2 Å². The normalized spacial score (nSPS) is 11.6. The SMILES string of the molecule is Nc1ccc2c(c1)cc(C(=O)Nc1ccc(C(F)(F)F)cc1)n2Cc1ccccc1F. The van der Waals surface area contributed by atoms with Crippen molar-refractivity contribution in [3.63, 3.8) is 0 Å². The molecule has 8 heteroatoms. The fraction of sp³-hybridized carbons (Fsp3) is 0.0870. The van der Waals surface area contributed by atoms with Crippen molar-refractivity contribution in [2.24, 2.45) is 0 Å². The number of nitrogens with zero attached hydrogens (tertiary/aromatic N) is 1. The molecule has 0 aliphatic rings. The molecule has 0 saturated carbocycles. The molecule has 158 valence electrons. The van der Waals surface area contributed by atoms with Gasteiger partial charge in [0.1, 0.15) is 11.5 Å². The lowest BCUT2D eigenvalue weighted by Gasteiger charge is -2.13. The minimum absolute atomic E-state index is 0.0931. The molecule has 4 aromatic rings. The number of carbonyl (C=O) groups is 1. The average Bonchev–Trinajstić information content (AvgIpc) is 3.07. The molecule has 0 radical (unpaired) electrons. The predicted octanol–water partition coefficient (Wildman–Crippen LogP) is 5.68. The summed E-state index contributed by atoms with van der Waals surface area (Å²) in [6.07, 6.45) is -4.46. The van der Waals surface area contributed by atoms with Crippen LogP contribution in [0.3, 0.4) is 0 Å². The number of hydrogen-bond acceptors (Lipinski definition) is 2. The van der Waals surface area contributed by atoms with E-state index < -0.39 is 23.5 Å². The molecule has 31 heavy (non-hydrogen) atoms. The van der Waals surface area contributed by atoms with E-state index in [4.69, 9.17) is 5.73 Å². The van der Waals surface area contributed by atoms with Gasteiger partial charge in [-0.2, -0.15) is 13.2 Å². The first-order chi connectivity index (χ1) is 14.7. The summed E-state index contributed by atoms with van der Waals surface area (Å²) in [6.45, 7) is 0.0931. The molecule has 0 fully saturated rings. The highest BCUT2D eigenvalue weighted by molar-refractivity contribution is 6.06. The van der Waals surface area contributed by atoms with Gasteiger partial charge in [-0.3, -0.25) is 4.79 Å². The minimum atomic E-state index is -4.46. The number of nitrogens with one attached hydrogen (secondary N) is 1. The van der Waals surface area contributed by atoms with Gasteiger partial charge in [0.25, 0.3) is 5.91 Å². The summed E-state index contributed by atoms with van der Waals surface area (Å²) in [5.41, 5.74) is 7.04. The number of rotatable bonds is 4. The number of nitrogens with two attached hydrogens (primary N) is 1. The van der Waals surface area contributed by atoms with Crippen LogP contribution in [0.2, 0.25) is 0 Å². The molecule has 0 saturated heterocycles. The monoisotopic (exact) mass is 427 g/mol. The average molecular weight is 427 g/mol. The number of nitrogen functional groups attached to an aromatic ring is 1. The Hall–Kier alpha value is -3.81. The van der Waals surface area contributed by atoms with Gasteiger partial charge >= 0.3 is 6.18 Å². The molecule has 0 spiro atoms. The number of amides is 1. The van der Waals surface area contributed by atoms with Gasteiger partial charge in [0, 0.05) is 27.8 Å². The van der Waals surface area contributed by atoms with E-state index in [0.29, 0.717) is 22.2 Å². The van der Waals surface area contributed by atoms with Crippen LogP contribution < -0.4 is 11.1 Å². The van der Waals surface area contributed by atoms with Crippen LogP contribution in [-0.2, 0) is 12.7 Å². The Labute approximate surface area is 174 Å². The van der Waals surface area contributed by atoms with Crippen molar-refractivity contribution in [3.05, 3.63) is 95.4 Å². The van der Waals surface area contributed by atoms with E-state index in [1.165, 1.54) is 18.2 Å². The molecule has 0 atom stereocenters. The van der Waals surface area contributed by atoms with E-state index in [9.17, 15) is 22.4 Å². The summed E-state index contributed by atoms with van der Waals surface area (Å²) in [5.74, 6) is -0.945. The third kappa shape index (κ3) is 4.23. The Balaban J connectivity index is 1.70. The zero-order valence-corrected chi connectivity index (χ0v) is 16.1. The van der Waals surface area contributed by atoms with Crippen LogP contribution >= 0.6 is 0 Å². The third-order valence-corrected chi connectivity index (χ3v) is 4.91. The number of anilines is 2. The van der Waals surface area contributed by atoms with Crippen molar-refractivity contribution < 1.29 is 22.4 Å². The Morgan fingerprint density at radius 3 is 2.35 bits per heavy atom. The Kier molecular flexibility index (Phi) is 5.14. The first-order valence-corrected chi connectivity index (χ1v) is 9.33. The Bertz CT molecular complexity index is 1260. The van der Waals surface area contributed by atoms with E-state index >= 15 is 0 Å². The number of hydrogen-bond donors (Lipinski definition) is 2. The summed E-state index contributed by atoms with van der Waals surface area (Å²) in [7, 11) is 0. The fourth-order valence-electron chi connectivity index (χ4n) is 3.38. The summed E-state index contributed by atoms with van der Waals surface area (Å²) in [5, 5.41) is 3.29. The van der Waals surface area contributed by atoms with Crippen molar-refractivity contribution in [2.45, 2.75) is 12.7 Å². The third-order valence-electron chi connectivity index (χ3n) is 4.91. The number of benzene rings is 3. The molecular formula is C23H17F4N3O. The second-order valence-electron chi connectivity index (χ2n) is 7.05. The van der Waals surface area contributed by atoms with E-state index in [1.807, 2.05) is 0 Å². The number of carbonyl (C=O) groups excluding carboxylic acids is 1. The van der Waals surface area contributed by atoms with Crippen LogP contribution in [0.4, 0.5) is 28.9 Å². The zero-order valence-electron chi connectivity index (χ0n) is 16.1. The lowest BCUT2D eigenvalue weighted by atomic mass is 10.2. The highest BCUT2D eigenvalue weighted by atomic mass is 19.4. The molecule has 1 aromatic heterocycles. The number of fused-ring (bicyclic) bond motifs is 1. The molecule has 3 N–H and O–H groups in total. The van der Waals surface area contributed by atoms with Gasteiger partial charge in [0.15, 0.2) is 0 Å². The molecule has 4 rings (SSSR count). The van der Waals surface area contributed by atoms with Crippen LogP contribution in [0.15, 0.2) is 72.8 Å². The van der Waals surface area contributed by atoms with Gasteiger partial charge < -0.3 is 15.6 Å². The quantitative estimate of drug-likeness (QED) is 0.325. The molecule has 0 unspecified atom stereocenters. The fourth-order valence-corrected chi connectivity index (χ4v) is 3.38. The lowest BCUT2D eigenvalue weighted by molar-refractivity contribution is -0.137. The van der Waals surface area contributed by atoms with Gasteiger partial charge in [-0.15, -0.1) is 0 Å². The van der Waals surface area contributed by atoms with Gasteiger partial charge in [-0.05, 0) is 54.6 Å². The van der Waals surface area contributed by atoms with E-state index in [0.717, 1.165) is 12.1 Å². The first-order valence-electron chi connectivity index (χ1n) is 9.33. The van der Waals surface area contributed by atoms with Crippen molar-refractivity contribution in [1.29, 1.82) is 0 Å². The van der Waals surface area contributed by atoms with E-state index in [1.54, 1.807) is 47.0 Å². The summed E-state index contributed by atoms with van der Waals surface area (Å²) < 4.78 is 54.2. The zero-order chi connectivity index (χ0) is 22.2. The molecule has 0 bridgehead atoms. The van der Waals surface area contributed by atoms with Crippen molar-refractivity contribution in [3.8, 4) is 0 Å². The van der Waals surface area contributed by atoms with Crippen molar-refractivity contribution >= 4 is 28.2 Å². The van der Waals surface area contributed by atoms with Crippen LogP contribution in [0, 0.1) is 5.82 Å². The van der Waals surface area contributed by atoms with Crippen molar-refractivity contribution in [2.75, 3.05) is 11.1 Å². The highest BCUT2D eigenvalue weighted by Gasteiger charge is 2.30. The minimum Gasteiger partial charge on any atom is -0.399 e. The van der Waals surface area contributed by atoms with Crippen LogP contribution in [0.25, 0.3) is 10.9 Å². The summed E-state index contributed by atoms with van der Waals surface area (Å²) >= 11 is 0. The van der Waals surface area contributed by atoms with E-state index in [2.05, 4.69) is 5.32 Å². The van der Waals surface area contributed by atoms with E-state index in [-0.39, 0.29) is 17.9 Å². The second kappa shape index (κ2) is 7.79. The maximum absolute atomic E-state index is 14.2. The Morgan fingerprint density at radius 2 is 1.68 bits per heavy atom. The molecule has 1 amide bonds. The largest absolute Gasteiger partial charge is 0.416 e. The highest BCUT2D eigenvalue weighted by Crippen LogP contribution is 2.30. The number of alkyl halides is 3. The first kappa shape index (κ1) is 20.5. The van der Waals surface area contributed by atoms with Gasteiger partial charge in [-0.25, -0.2) is 4.39 Å². The number of halogens is 4. The Morgan fingerprint density at radius 1 is 0.968 bits per heavy atom. The predicted molar refractivity (Wildman–Crippen MR) is 111 cm³/mol. The maximum atomic E-state index is 14.2. The topological polar surface area (TPSA) is 60.1 Å². The summed E-state index contributed by atoms with van der Waals surface area (Å²) in [6, 6.07) is 17.1. The molecule has 1 heterocycles. The van der Waals surface area contributed by atoms with Crippen LogP contribution in [-0.4, -0.2) is 10.5 Å². The summed E-state index contributed by atoms with van der Waals surface area (Å²) in [4.78, 5) is 13.0. The molecular weight excluding hydrogens is 410 g/mol. The molecule has 0 aliphatic heterocycles. The van der Waals surface area contributed by atoms with Crippen LogP contribution in [0.5, 0.6) is 0 Å². The van der Waals surface area contributed by atoms with Crippen LogP contribution in [0.1, 0.15) is 21.6 Å². The lowest BCUT2D eigenvalue weighted by Crippen LogP contribution is -2.18. The number of aromatic nitrogens is 1. The standard InChI is InChI=1S/C23H17F4N3O/c24-19-4-2-1-3-14(19)13-30-20-10-7-17(28)11-15(20)12-21(30)22(31)29-18-8-5-16(6-9-18)23(25,26)27/h1-12H,13,28H2,(H,29,31). The van der Waals surface area contributed by atoms with Gasteiger partial charge in [0.05, 0.1) is 12.1 Å². The smallest absolute Gasteiger partial charge is 0.399 e.